The van der Waals surface area contributed by atoms with Crippen molar-refractivity contribution in [2.75, 3.05) is 0 Å². The van der Waals surface area contributed by atoms with E-state index in [2.05, 4.69) is 0 Å². The highest BCUT2D eigenvalue weighted by Crippen LogP contribution is 2.24. The molecule has 0 saturated carbocycles. The van der Waals surface area contributed by atoms with Crippen LogP contribution in [0.25, 0.3) is 0 Å². The van der Waals surface area contributed by atoms with Crippen molar-refractivity contribution in [3.63, 3.8) is 0 Å². The third-order valence-corrected chi connectivity index (χ3v) is 5.19. The van der Waals surface area contributed by atoms with Gasteiger partial charge < -0.3 is 13.9 Å². The largest absolute Gasteiger partial charge is 0.379 e. The van der Waals surface area contributed by atoms with Crippen LogP contribution in [0.4, 0.5) is 22.0 Å². The van der Waals surface area contributed by atoms with E-state index in [1.807, 2.05) is 27.7 Å². The zero-order valence-electron chi connectivity index (χ0n) is 16.8. The van der Waals surface area contributed by atoms with Gasteiger partial charge >= 0.3 is 0 Å². The van der Waals surface area contributed by atoms with E-state index in [4.69, 9.17) is 13.9 Å². The summed E-state index contributed by atoms with van der Waals surface area (Å²) >= 11 is 0. The molecule has 28 heavy (non-hydrogen) atoms. The number of hydrogen-bond donors (Lipinski definition) is 0. The summed E-state index contributed by atoms with van der Waals surface area (Å²) in [6.07, 6.45) is 2.40. The monoisotopic (exact) mass is 428 g/mol. The van der Waals surface area contributed by atoms with Gasteiger partial charge in [-0.25, -0.2) is 22.0 Å². The standard InChI is InChI=1S/C19H29F5O3Si/c1-11(2)25-19(26-12(3)4)27-28-10-8-6-5-7-9-13-14(20)16(22)18(24)17(23)15(13)21/h11-12,19H,5-10,28H2,1-4H3. The van der Waals surface area contributed by atoms with Crippen LogP contribution in [0.2, 0.25) is 6.04 Å². The molecule has 1 aromatic carbocycles. The van der Waals surface area contributed by atoms with Gasteiger partial charge in [-0.2, -0.15) is 0 Å². The molecule has 0 aliphatic heterocycles. The average molecular weight is 429 g/mol. The summed E-state index contributed by atoms with van der Waals surface area (Å²) in [6.45, 7) is 6.91. The van der Waals surface area contributed by atoms with Crippen molar-refractivity contribution in [1.82, 2.24) is 0 Å². The van der Waals surface area contributed by atoms with Crippen LogP contribution in [0.1, 0.15) is 58.9 Å². The smallest absolute Gasteiger partial charge is 0.262 e. The van der Waals surface area contributed by atoms with Crippen molar-refractivity contribution in [3.8, 4) is 0 Å². The summed E-state index contributed by atoms with van der Waals surface area (Å²) in [5.74, 6) is -9.38. The van der Waals surface area contributed by atoms with Gasteiger partial charge in [0.1, 0.15) is 0 Å². The predicted molar refractivity (Wildman–Crippen MR) is 99.1 cm³/mol. The maximum atomic E-state index is 13.6. The molecule has 0 amide bonds. The maximum Gasteiger partial charge on any atom is 0.262 e. The van der Waals surface area contributed by atoms with Crippen LogP contribution in [-0.4, -0.2) is 28.4 Å². The van der Waals surface area contributed by atoms with Crippen molar-refractivity contribution >= 4 is 9.76 Å². The SMILES string of the molecule is CC(C)OC(O[SiH2]CCCCCCc1c(F)c(F)c(F)c(F)c1F)OC(C)C. The molecule has 0 spiro atoms. The maximum absolute atomic E-state index is 13.6. The first kappa shape index (κ1) is 25.0. The predicted octanol–water partition coefficient (Wildman–Crippen LogP) is 5.14. The highest BCUT2D eigenvalue weighted by molar-refractivity contribution is 6.27. The Kier molecular flexibility index (Phi) is 11.2. The number of rotatable bonds is 13. The van der Waals surface area contributed by atoms with Gasteiger partial charge in [-0.3, -0.25) is 0 Å². The van der Waals surface area contributed by atoms with Crippen molar-refractivity contribution in [1.29, 1.82) is 0 Å². The second kappa shape index (κ2) is 12.5. The van der Waals surface area contributed by atoms with Crippen LogP contribution >= 0.6 is 0 Å². The van der Waals surface area contributed by atoms with Crippen LogP contribution in [0.15, 0.2) is 0 Å². The van der Waals surface area contributed by atoms with Gasteiger partial charge in [0, 0.05) is 5.56 Å². The molecular weight excluding hydrogens is 399 g/mol. The van der Waals surface area contributed by atoms with Crippen LogP contribution in [0.5, 0.6) is 0 Å². The Balaban J connectivity index is 2.28. The molecule has 162 valence electrons. The molecule has 0 bridgehead atoms. The van der Waals surface area contributed by atoms with E-state index >= 15 is 0 Å². The number of unbranched alkanes of at least 4 members (excludes halogenated alkanes) is 3. The molecule has 0 fully saturated rings. The lowest BCUT2D eigenvalue weighted by Crippen LogP contribution is -2.28. The van der Waals surface area contributed by atoms with E-state index in [9.17, 15) is 22.0 Å². The molecule has 0 atom stereocenters. The summed E-state index contributed by atoms with van der Waals surface area (Å²) < 4.78 is 83.2. The Morgan fingerprint density at radius 2 is 1.14 bits per heavy atom. The van der Waals surface area contributed by atoms with Gasteiger partial charge in [-0.05, 0) is 46.6 Å². The second-order valence-electron chi connectivity index (χ2n) is 7.10. The minimum atomic E-state index is -2.12. The molecule has 0 aromatic heterocycles. The number of benzene rings is 1. The molecule has 0 heterocycles. The molecule has 0 saturated heterocycles. The highest BCUT2D eigenvalue weighted by atomic mass is 28.2. The van der Waals surface area contributed by atoms with Crippen LogP contribution in [-0.2, 0) is 20.3 Å². The first-order valence-electron chi connectivity index (χ1n) is 9.58. The summed E-state index contributed by atoms with van der Waals surface area (Å²) in [5, 5.41) is 0. The zero-order valence-corrected chi connectivity index (χ0v) is 18.2. The summed E-state index contributed by atoms with van der Waals surface area (Å²) in [6, 6.07) is 0.877. The molecular formula is C19H29F5O3Si. The summed E-state index contributed by atoms with van der Waals surface area (Å²) in [7, 11) is -0.846. The summed E-state index contributed by atoms with van der Waals surface area (Å²) in [4.78, 5) is 0. The van der Waals surface area contributed by atoms with Gasteiger partial charge in [-0.1, -0.05) is 19.3 Å². The minimum absolute atomic E-state index is 0.0142. The zero-order chi connectivity index (χ0) is 21.3. The van der Waals surface area contributed by atoms with E-state index < -0.39 is 50.9 Å². The average Bonchev–Trinajstić information content (AvgIpc) is 2.61. The van der Waals surface area contributed by atoms with Crippen molar-refractivity contribution in [3.05, 3.63) is 34.6 Å². The van der Waals surface area contributed by atoms with E-state index in [1.165, 1.54) is 0 Å². The second-order valence-corrected chi connectivity index (χ2v) is 8.54. The molecule has 1 rings (SSSR count). The van der Waals surface area contributed by atoms with Crippen molar-refractivity contribution < 1.29 is 35.9 Å². The third-order valence-electron chi connectivity index (χ3n) is 3.89. The van der Waals surface area contributed by atoms with Gasteiger partial charge in [0.2, 0.25) is 5.82 Å². The third kappa shape index (κ3) is 8.14. The molecule has 1 aromatic rings. The van der Waals surface area contributed by atoms with Crippen LogP contribution in [0, 0.1) is 29.1 Å². The molecule has 3 nitrogen and oxygen atoms in total. The Labute approximate surface area is 165 Å². The quantitative estimate of drug-likeness (QED) is 0.109. The summed E-state index contributed by atoms with van der Waals surface area (Å²) in [5.41, 5.74) is -0.742. The highest BCUT2D eigenvalue weighted by Gasteiger charge is 2.25. The normalized spacial score (nSPS) is 12.4. The molecule has 0 radical (unpaired) electrons. The molecule has 9 heteroatoms. The fraction of sp³-hybridized carbons (Fsp3) is 0.684. The van der Waals surface area contributed by atoms with E-state index in [0.29, 0.717) is 12.8 Å². The number of hydrogen-bond acceptors (Lipinski definition) is 3. The number of ether oxygens (including phenoxy) is 2. The molecule has 0 aliphatic carbocycles. The lowest BCUT2D eigenvalue weighted by Gasteiger charge is -2.23. The van der Waals surface area contributed by atoms with Crippen molar-refractivity contribution in [2.24, 2.45) is 0 Å². The van der Waals surface area contributed by atoms with Crippen LogP contribution in [0.3, 0.4) is 0 Å². The lowest BCUT2D eigenvalue weighted by atomic mass is 10.0. The van der Waals surface area contributed by atoms with E-state index in [0.717, 1.165) is 18.9 Å². The minimum Gasteiger partial charge on any atom is -0.379 e. The first-order chi connectivity index (χ1) is 13.1. The van der Waals surface area contributed by atoms with Gasteiger partial charge in [-0.15, -0.1) is 0 Å². The Morgan fingerprint density at radius 1 is 0.679 bits per heavy atom. The fourth-order valence-corrected chi connectivity index (χ4v) is 3.61. The Bertz CT molecular complexity index is 575. The van der Waals surface area contributed by atoms with E-state index in [-0.39, 0.29) is 18.6 Å². The van der Waals surface area contributed by atoms with E-state index in [1.54, 1.807) is 0 Å². The van der Waals surface area contributed by atoms with Gasteiger partial charge in [0.05, 0.1) is 12.2 Å². The molecule has 0 N–H and O–H groups in total. The molecule has 0 unspecified atom stereocenters. The van der Waals surface area contributed by atoms with Crippen molar-refractivity contribution in [2.45, 2.75) is 84.5 Å². The Morgan fingerprint density at radius 3 is 1.64 bits per heavy atom. The fourth-order valence-electron chi connectivity index (χ4n) is 2.54. The first-order valence-corrected chi connectivity index (χ1v) is 11.2. The van der Waals surface area contributed by atoms with Crippen LogP contribution < -0.4 is 0 Å². The topological polar surface area (TPSA) is 27.7 Å². The van der Waals surface area contributed by atoms with Gasteiger partial charge in [0.15, 0.2) is 33.0 Å². The Hall–Kier alpha value is -1.03. The molecule has 0 aliphatic rings. The lowest BCUT2D eigenvalue weighted by molar-refractivity contribution is -0.275. The van der Waals surface area contributed by atoms with Gasteiger partial charge in [0.25, 0.3) is 6.48 Å². The number of halogens is 5.